The second-order valence-electron chi connectivity index (χ2n) is 6.19. The van der Waals surface area contributed by atoms with E-state index in [2.05, 4.69) is 10.3 Å². The number of anilines is 1. The van der Waals surface area contributed by atoms with Crippen LogP contribution in [-0.2, 0) is 14.3 Å². The van der Waals surface area contributed by atoms with Crippen LogP contribution >= 0.6 is 11.8 Å². The number of carbonyl (C=O) groups is 2. The molecule has 1 aromatic heterocycles. The van der Waals surface area contributed by atoms with Crippen LogP contribution in [0.4, 0.5) is 5.82 Å². The first kappa shape index (κ1) is 23.5. The van der Waals surface area contributed by atoms with Gasteiger partial charge in [0.2, 0.25) is 5.91 Å². The number of nitrogens with two attached hydrogens (primary N) is 1. The molecule has 1 atom stereocenters. The average molecular weight is 439 g/mol. The number of ether oxygens (including phenoxy) is 2. The molecule has 1 heterocycles. The number of hydrogen-bond acceptors (Lipinski definition) is 9. The fraction of sp³-hybridized carbons (Fsp3) is 0.286. The smallest absolute Gasteiger partial charge is 0.308 e. The van der Waals surface area contributed by atoms with Crippen LogP contribution in [0.1, 0.15) is 36.1 Å². The van der Waals surface area contributed by atoms with Crippen LogP contribution in [-0.4, -0.2) is 36.3 Å². The molecule has 10 heteroatoms. The number of nitrogen functional groups attached to an aromatic ring is 1. The summed E-state index contributed by atoms with van der Waals surface area (Å²) in [5.74, 6) is -0.243. The lowest BCUT2D eigenvalue weighted by molar-refractivity contribution is -0.143. The Balaban J connectivity index is 2.12. The zero-order chi connectivity index (χ0) is 22.8. The Hall–Kier alpha value is -3.76. The molecule has 9 nitrogen and oxygen atoms in total. The maximum Gasteiger partial charge on any atom is 0.308 e. The van der Waals surface area contributed by atoms with Crippen LogP contribution in [0.2, 0.25) is 0 Å². The minimum absolute atomic E-state index is 0.0113. The summed E-state index contributed by atoms with van der Waals surface area (Å²) in [4.78, 5) is 28.6. The third-order valence-electron chi connectivity index (χ3n) is 4.13. The van der Waals surface area contributed by atoms with Gasteiger partial charge >= 0.3 is 5.97 Å². The normalized spacial score (nSPS) is 11.0. The second kappa shape index (κ2) is 11.4. The first-order chi connectivity index (χ1) is 14.9. The Bertz CT molecular complexity index is 1030. The zero-order valence-electron chi connectivity index (χ0n) is 17.0. The van der Waals surface area contributed by atoms with E-state index in [1.165, 1.54) is 6.07 Å². The van der Waals surface area contributed by atoms with E-state index in [4.69, 9.17) is 20.5 Å². The average Bonchev–Trinajstić information content (AvgIpc) is 2.77. The van der Waals surface area contributed by atoms with E-state index < -0.39 is 12.0 Å². The van der Waals surface area contributed by atoms with Gasteiger partial charge in [-0.2, -0.15) is 10.5 Å². The molecule has 3 N–H and O–H groups in total. The molecule has 0 aliphatic rings. The van der Waals surface area contributed by atoms with Crippen LogP contribution in [0.5, 0.6) is 5.75 Å². The third-order valence-corrected chi connectivity index (χ3v) is 5.12. The van der Waals surface area contributed by atoms with Gasteiger partial charge < -0.3 is 20.5 Å². The highest BCUT2D eigenvalue weighted by molar-refractivity contribution is 8.00. The number of carbonyl (C=O) groups excluding carboxylic acids is 2. The van der Waals surface area contributed by atoms with Crippen molar-refractivity contribution in [1.29, 1.82) is 10.5 Å². The molecule has 0 fully saturated rings. The summed E-state index contributed by atoms with van der Waals surface area (Å²) in [6.45, 7) is 1.94. The predicted molar refractivity (Wildman–Crippen MR) is 114 cm³/mol. The number of aromatic nitrogens is 1. The van der Waals surface area contributed by atoms with Crippen LogP contribution < -0.4 is 15.8 Å². The van der Waals surface area contributed by atoms with Gasteiger partial charge in [-0.3, -0.25) is 9.59 Å². The Morgan fingerprint density at radius 2 is 1.90 bits per heavy atom. The molecule has 0 saturated heterocycles. The lowest BCUT2D eigenvalue weighted by Gasteiger charge is -2.19. The number of thioether (sulfide) groups is 1. The van der Waals surface area contributed by atoms with Gasteiger partial charge in [-0.1, -0.05) is 23.9 Å². The van der Waals surface area contributed by atoms with Gasteiger partial charge in [0.15, 0.2) is 0 Å². The standard InChI is InChI=1S/C21H21N5O4S/c1-3-30-19(28)9-17(13-4-6-16(29-2)7-5-13)25-18(27)12-31-21-15(11-23)8-14(10-22)20(24)26-21/h4-8,17H,3,9,12H2,1-2H3,(H2,24,26)(H,25,27)/t17-/m0/s1. The number of nitrogens with zero attached hydrogens (tertiary/aromatic N) is 3. The van der Waals surface area contributed by atoms with Crippen molar-refractivity contribution in [2.24, 2.45) is 0 Å². The number of hydrogen-bond donors (Lipinski definition) is 2. The highest BCUT2D eigenvalue weighted by atomic mass is 32.2. The second-order valence-corrected chi connectivity index (χ2v) is 7.15. The third kappa shape index (κ3) is 6.63. The minimum Gasteiger partial charge on any atom is -0.497 e. The van der Waals surface area contributed by atoms with Crippen molar-refractivity contribution in [2.75, 3.05) is 25.2 Å². The summed E-state index contributed by atoms with van der Waals surface area (Å²) in [5.41, 5.74) is 6.67. The summed E-state index contributed by atoms with van der Waals surface area (Å²) in [5, 5.41) is 21.3. The Morgan fingerprint density at radius 3 is 2.48 bits per heavy atom. The molecule has 0 aliphatic carbocycles. The number of benzene rings is 1. The zero-order valence-corrected chi connectivity index (χ0v) is 17.9. The number of rotatable bonds is 9. The number of methoxy groups -OCH3 is 1. The van der Waals surface area contributed by atoms with Gasteiger partial charge in [0.05, 0.1) is 43.1 Å². The van der Waals surface area contributed by atoms with Crippen LogP contribution in [0, 0.1) is 22.7 Å². The lowest BCUT2D eigenvalue weighted by Crippen LogP contribution is -2.32. The molecule has 0 radical (unpaired) electrons. The van der Waals surface area contributed by atoms with E-state index in [0.29, 0.717) is 11.3 Å². The number of nitrogens with one attached hydrogen (secondary N) is 1. The fourth-order valence-electron chi connectivity index (χ4n) is 2.63. The topological polar surface area (TPSA) is 151 Å². The maximum absolute atomic E-state index is 12.6. The van der Waals surface area contributed by atoms with Gasteiger partial charge in [0, 0.05) is 0 Å². The van der Waals surface area contributed by atoms with E-state index >= 15 is 0 Å². The van der Waals surface area contributed by atoms with Crippen LogP contribution in [0.3, 0.4) is 0 Å². The van der Waals surface area contributed by atoms with Crippen molar-refractivity contribution in [2.45, 2.75) is 24.4 Å². The molecule has 0 saturated carbocycles. The van der Waals surface area contributed by atoms with Gasteiger partial charge in [-0.25, -0.2) is 4.98 Å². The summed E-state index contributed by atoms with van der Waals surface area (Å²) in [6.07, 6.45) is -0.0396. The summed E-state index contributed by atoms with van der Waals surface area (Å²) < 4.78 is 10.1. The van der Waals surface area contributed by atoms with Crippen molar-refractivity contribution in [3.63, 3.8) is 0 Å². The SMILES string of the molecule is CCOC(=O)C[C@H](NC(=O)CSc1nc(N)c(C#N)cc1C#N)c1ccc(OC)cc1. The number of pyridine rings is 1. The largest absolute Gasteiger partial charge is 0.497 e. The molecule has 0 aliphatic heterocycles. The van der Waals surface area contributed by atoms with Gasteiger partial charge in [0.25, 0.3) is 0 Å². The first-order valence-corrected chi connectivity index (χ1v) is 10.2. The van der Waals surface area contributed by atoms with Gasteiger partial charge in [-0.15, -0.1) is 0 Å². The molecule has 2 aromatic rings. The summed E-state index contributed by atoms with van der Waals surface area (Å²) in [7, 11) is 1.55. The molecule has 2 rings (SSSR count). The fourth-order valence-corrected chi connectivity index (χ4v) is 3.41. The monoisotopic (exact) mass is 439 g/mol. The van der Waals surface area contributed by atoms with Crippen molar-refractivity contribution in [1.82, 2.24) is 10.3 Å². The van der Waals surface area contributed by atoms with E-state index in [1.807, 2.05) is 12.1 Å². The van der Waals surface area contributed by atoms with Gasteiger partial charge in [-0.05, 0) is 30.7 Å². The molecular formula is C21H21N5O4S. The summed E-state index contributed by atoms with van der Waals surface area (Å²) in [6, 6.07) is 11.5. The molecule has 0 bridgehead atoms. The Morgan fingerprint density at radius 1 is 1.23 bits per heavy atom. The van der Waals surface area contributed by atoms with Crippen molar-refractivity contribution in [3.8, 4) is 17.9 Å². The molecule has 1 aromatic carbocycles. The number of nitriles is 2. The molecule has 0 unspecified atom stereocenters. The van der Waals surface area contributed by atoms with Gasteiger partial charge in [0.1, 0.15) is 28.7 Å². The van der Waals surface area contributed by atoms with Crippen molar-refractivity contribution in [3.05, 3.63) is 47.0 Å². The minimum atomic E-state index is -0.604. The number of esters is 1. The van der Waals surface area contributed by atoms with Crippen molar-refractivity contribution >= 4 is 29.5 Å². The lowest BCUT2D eigenvalue weighted by atomic mass is 10.0. The quantitative estimate of drug-likeness (QED) is 0.443. The van der Waals surface area contributed by atoms with E-state index in [1.54, 1.807) is 38.3 Å². The molecule has 160 valence electrons. The highest BCUT2D eigenvalue weighted by Crippen LogP contribution is 2.25. The van der Waals surface area contributed by atoms with Crippen molar-refractivity contribution < 1.29 is 19.1 Å². The summed E-state index contributed by atoms with van der Waals surface area (Å²) >= 11 is 1.01. The first-order valence-electron chi connectivity index (χ1n) is 9.24. The number of amides is 1. The van der Waals surface area contributed by atoms with Crippen LogP contribution in [0.15, 0.2) is 35.4 Å². The van der Waals surface area contributed by atoms with E-state index in [9.17, 15) is 14.9 Å². The van der Waals surface area contributed by atoms with Crippen LogP contribution in [0.25, 0.3) is 0 Å². The molecule has 0 spiro atoms. The van der Waals surface area contributed by atoms with E-state index in [-0.39, 0.29) is 46.7 Å². The van der Waals surface area contributed by atoms with E-state index in [0.717, 1.165) is 11.8 Å². The highest BCUT2D eigenvalue weighted by Gasteiger charge is 2.20. The Kier molecular flexibility index (Phi) is 8.67. The molecule has 1 amide bonds. The molecular weight excluding hydrogens is 418 g/mol. The maximum atomic E-state index is 12.6. The predicted octanol–water partition coefficient (Wildman–Crippen LogP) is 2.32. The molecule has 31 heavy (non-hydrogen) atoms. The Labute approximate surface area is 184 Å².